The van der Waals surface area contributed by atoms with Crippen molar-refractivity contribution >= 4 is 5.91 Å². The van der Waals surface area contributed by atoms with E-state index in [9.17, 15) is 9.18 Å². The second kappa shape index (κ2) is 4.61. The van der Waals surface area contributed by atoms with Crippen LogP contribution in [-0.4, -0.2) is 35.6 Å². The minimum atomic E-state index is -0.486. The predicted octanol–water partition coefficient (Wildman–Crippen LogP) is 1.28. The molecule has 1 aliphatic heterocycles. The second-order valence-corrected chi connectivity index (χ2v) is 4.07. The maximum absolute atomic E-state index is 13.4. The Labute approximate surface area is 93.5 Å². The van der Waals surface area contributed by atoms with Crippen molar-refractivity contribution in [1.29, 1.82) is 0 Å². The summed E-state index contributed by atoms with van der Waals surface area (Å²) in [5.41, 5.74) is 0.112. The summed E-state index contributed by atoms with van der Waals surface area (Å²) in [5, 5.41) is 8.98. The van der Waals surface area contributed by atoms with Gasteiger partial charge in [-0.1, -0.05) is 12.1 Å². The molecule has 86 valence electrons. The monoisotopic (exact) mass is 223 g/mol. The molecular formula is C12H14FNO2. The van der Waals surface area contributed by atoms with Crippen LogP contribution in [0.3, 0.4) is 0 Å². The smallest absolute Gasteiger partial charge is 0.256 e. The fourth-order valence-electron chi connectivity index (χ4n) is 1.97. The van der Waals surface area contributed by atoms with E-state index >= 15 is 0 Å². The Morgan fingerprint density at radius 1 is 1.50 bits per heavy atom. The van der Waals surface area contributed by atoms with Crippen molar-refractivity contribution in [1.82, 2.24) is 4.90 Å². The topological polar surface area (TPSA) is 40.5 Å². The lowest BCUT2D eigenvalue weighted by Gasteiger charge is -2.16. The van der Waals surface area contributed by atoms with E-state index in [4.69, 9.17) is 5.11 Å². The number of carbonyl (C=O) groups excluding carboxylic acids is 1. The number of aliphatic hydroxyl groups excluding tert-OH is 1. The summed E-state index contributed by atoms with van der Waals surface area (Å²) in [6, 6.07) is 5.99. The van der Waals surface area contributed by atoms with Crippen LogP contribution in [0.2, 0.25) is 0 Å². The number of amides is 1. The Kier molecular flexibility index (Phi) is 3.19. The van der Waals surface area contributed by atoms with E-state index in [1.165, 1.54) is 12.1 Å². The maximum Gasteiger partial charge on any atom is 0.256 e. The van der Waals surface area contributed by atoms with Gasteiger partial charge in [0.1, 0.15) is 5.82 Å². The van der Waals surface area contributed by atoms with Gasteiger partial charge in [-0.15, -0.1) is 0 Å². The first-order valence-corrected chi connectivity index (χ1v) is 5.37. The second-order valence-electron chi connectivity index (χ2n) is 4.07. The fraction of sp³-hybridized carbons (Fsp3) is 0.417. The molecule has 1 heterocycles. The van der Waals surface area contributed by atoms with Gasteiger partial charge < -0.3 is 10.0 Å². The summed E-state index contributed by atoms with van der Waals surface area (Å²) < 4.78 is 13.4. The largest absolute Gasteiger partial charge is 0.396 e. The van der Waals surface area contributed by atoms with Crippen LogP contribution in [0.15, 0.2) is 24.3 Å². The highest BCUT2D eigenvalue weighted by Crippen LogP contribution is 2.19. The molecule has 0 saturated carbocycles. The zero-order valence-corrected chi connectivity index (χ0v) is 8.90. The molecule has 1 aromatic carbocycles. The normalized spacial score (nSPS) is 20.1. The summed E-state index contributed by atoms with van der Waals surface area (Å²) in [5.74, 6) is -0.635. The van der Waals surface area contributed by atoms with E-state index < -0.39 is 5.82 Å². The number of hydrogen-bond acceptors (Lipinski definition) is 2. The number of aliphatic hydroxyl groups is 1. The average molecular weight is 223 g/mol. The summed E-state index contributed by atoms with van der Waals surface area (Å²) in [6.45, 7) is 1.20. The minimum absolute atomic E-state index is 0.0844. The van der Waals surface area contributed by atoms with Gasteiger partial charge in [0.2, 0.25) is 0 Å². The number of likely N-dealkylation sites (tertiary alicyclic amines) is 1. The van der Waals surface area contributed by atoms with Gasteiger partial charge in [0, 0.05) is 25.6 Å². The quantitative estimate of drug-likeness (QED) is 0.820. The van der Waals surface area contributed by atoms with Crippen molar-refractivity contribution in [2.24, 2.45) is 5.92 Å². The third-order valence-corrected chi connectivity index (χ3v) is 2.94. The SMILES string of the molecule is O=C(c1ccccc1F)N1CC[C@@H](CO)C1. The lowest BCUT2D eigenvalue weighted by Crippen LogP contribution is -2.29. The Bertz CT molecular complexity index is 394. The van der Waals surface area contributed by atoms with Crippen LogP contribution in [0.4, 0.5) is 4.39 Å². The van der Waals surface area contributed by atoms with Gasteiger partial charge in [0.25, 0.3) is 5.91 Å². The molecule has 0 unspecified atom stereocenters. The third kappa shape index (κ3) is 2.07. The zero-order valence-electron chi connectivity index (χ0n) is 8.90. The number of rotatable bonds is 2. The van der Waals surface area contributed by atoms with Gasteiger partial charge in [-0.2, -0.15) is 0 Å². The Balaban J connectivity index is 2.12. The molecule has 1 N–H and O–H groups in total. The van der Waals surface area contributed by atoms with Crippen LogP contribution in [0.1, 0.15) is 16.8 Å². The molecule has 0 bridgehead atoms. The van der Waals surface area contributed by atoms with E-state index in [-0.39, 0.29) is 24.0 Å². The molecule has 4 heteroatoms. The number of carbonyl (C=O) groups is 1. The maximum atomic E-state index is 13.4. The first-order chi connectivity index (χ1) is 7.72. The molecule has 0 aromatic heterocycles. The van der Waals surface area contributed by atoms with Crippen molar-refractivity contribution in [2.75, 3.05) is 19.7 Å². The minimum Gasteiger partial charge on any atom is -0.396 e. The van der Waals surface area contributed by atoms with Crippen molar-refractivity contribution in [3.05, 3.63) is 35.6 Å². The van der Waals surface area contributed by atoms with Crippen LogP contribution in [0, 0.1) is 11.7 Å². The fourth-order valence-corrected chi connectivity index (χ4v) is 1.97. The average Bonchev–Trinajstić information content (AvgIpc) is 2.77. The van der Waals surface area contributed by atoms with Gasteiger partial charge in [-0.25, -0.2) is 4.39 Å². The molecular weight excluding hydrogens is 209 g/mol. The molecule has 1 atom stereocenters. The molecule has 1 aromatic rings. The molecule has 1 saturated heterocycles. The summed E-state index contributed by atoms with van der Waals surface area (Å²) in [4.78, 5) is 13.5. The number of halogens is 1. The molecule has 1 fully saturated rings. The van der Waals surface area contributed by atoms with Gasteiger partial charge >= 0.3 is 0 Å². The van der Waals surface area contributed by atoms with Crippen molar-refractivity contribution in [2.45, 2.75) is 6.42 Å². The Morgan fingerprint density at radius 2 is 2.25 bits per heavy atom. The molecule has 0 radical (unpaired) electrons. The number of nitrogens with zero attached hydrogens (tertiary/aromatic N) is 1. The molecule has 1 aliphatic rings. The zero-order chi connectivity index (χ0) is 11.5. The number of benzene rings is 1. The van der Waals surface area contributed by atoms with Crippen LogP contribution < -0.4 is 0 Å². The van der Waals surface area contributed by atoms with Gasteiger partial charge in [-0.05, 0) is 18.6 Å². The van der Waals surface area contributed by atoms with Crippen molar-refractivity contribution in [3.63, 3.8) is 0 Å². The summed E-state index contributed by atoms with van der Waals surface area (Å²) >= 11 is 0. The molecule has 1 amide bonds. The standard InChI is InChI=1S/C12H14FNO2/c13-11-4-2-1-3-10(11)12(16)14-6-5-9(7-14)8-15/h1-4,9,15H,5-8H2/t9-/m1/s1. The first kappa shape index (κ1) is 11.1. The lowest BCUT2D eigenvalue weighted by molar-refractivity contribution is 0.0777. The molecule has 0 spiro atoms. The third-order valence-electron chi connectivity index (χ3n) is 2.94. The van der Waals surface area contributed by atoms with Gasteiger partial charge in [-0.3, -0.25) is 4.79 Å². The highest BCUT2D eigenvalue weighted by molar-refractivity contribution is 5.94. The summed E-state index contributed by atoms with van der Waals surface area (Å²) in [6.07, 6.45) is 0.788. The molecule has 0 aliphatic carbocycles. The van der Waals surface area contributed by atoms with Crippen molar-refractivity contribution in [3.8, 4) is 0 Å². The van der Waals surface area contributed by atoms with Crippen LogP contribution in [0.25, 0.3) is 0 Å². The lowest BCUT2D eigenvalue weighted by atomic mass is 10.1. The molecule has 2 rings (SSSR count). The molecule has 16 heavy (non-hydrogen) atoms. The van der Waals surface area contributed by atoms with Gasteiger partial charge in [0.05, 0.1) is 5.56 Å². The Hall–Kier alpha value is -1.42. The van der Waals surface area contributed by atoms with E-state index in [1.54, 1.807) is 17.0 Å². The molecule has 3 nitrogen and oxygen atoms in total. The van der Waals surface area contributed by atoms with Gasteiger partial charge in [0.15, 0.2) is 0 Å². The Morgan fingerprint density at radius 3 is 2.88 bits per heavy atom. The van der Waals surface area contributed by atoms with E-state index in [0.717, 1.165) is 6.42 Å². The highest BCUT2D eigenvalue weighted by Gasteiger charge is 2.27. The predicted molar refractivity (Wildman–Crippen MR) is 57.5 cm³/mol. The van der Waals surface area contributed by atoms with Crippen LogP contribution in [0.5, 0.6) is 0 Å². The number of hydrogen-bond donors (Lipinski definition) is 1. The van der Waals surface area contributed by atoms with E-state index in [1.807, 2.05) is 0 Å². The van der Waals surface area contributed by atoms with Crippen LogP contribution >= 0.6 is 0 Å². The summed E-state index contributed by atoms with van der Waals surface area (Å²) in [7, 11) is 0. The van der Waals surface area contributed by atoms with Crippen LogP contribution in [-0.2, 0) is 0 Å². The van der Waals surface area contributed by atoms with E-state index in [0.29, 0.717) is 13.1 Å². The highest BCUT2D eigenvalue weighted by atomic mass is 19.1. The van der Waals surface area contributed by atoms with E-state index in [2.05, 4.69) is 0 Å². The van der Waals surface area contributed by atoms with Crippen molar-refractivity contribution < 1.29 is 14.3 Å². The first-order valence-electron chi connectivity index (χ1n) is 5.37.